The molecular weight excluding hydrogens is 342 g/mol. The van der Waals surface area contributed by atoms with Gasteiger partial charge in [0.25, 0.3) is 0 Å². The molecule has 1 atom stereocenters. The van der Waals surface area contributed by atoms with E-state index in [1.54, 1.807) is 6.20 Å². The molecule has 0 spiro atoms. The van der Waals surface area contributed by atoms with Crippen molar-refractivity contribution < 1.29 is 9.32 Å². The number of fused-ring (bicyclic) bond motifs is 1. The van der Waals surface area contributed by atoms with Gasteiger partial charge in [0.2, 0.25) is 17.6 Å². The van der Waals surface area contributed by atoms with Crippen molar-refractivity contribution in [1.29, 1.82) is 0 Å². The number of carbonyl (C=O) groups is 1. The molecule has 0 aliphatic carbocycles. The number of halogens is 1. The quantitative estimate of drug-likeness (QED) is 0.740. The Kier molecular flexibility index (Phi) is 5.25. The second kappa shape index (κ2) is 7.58. The van der Waals surface area contributed by atoms with Crippen molar-refractivity contribution in [2.75, 3.05) is 6.54 Å². The first-order chi connectivity index (χ1) is 11.8. The summed E-state index contributed by atoms with van der Waals surface area (Å²) >= 11 is 0. The average Bonchev–Trinajstić information content (AvgIpc) is 3.31. The van der Waals surface area contributed by atoms with Gasteiger partial charge in [-0.05, 0) is 30.8 Å². The van der Waals surface area contributed by atoms with Gasteiger partial charge in [0, 0.05) is 11.6 Å². The molecule has 1 unspecified atom stereocenters. The Balaban J connectivity index is 0.00000182. The van der Waals surface area contributed by atoms with E-state index in [9.17, 15) is 4.79 Å². The second-order valence-electron chi connectivity index (χ2n) is 5.76. The van der Waals surface area contributed by atoms with Crippen molar-refractivity contribution in [3.8, 4) is 11.5 Å². The van der Waals surface area contributed by atoms with E-state index >= 15 is 0 Å². The summed E-state index contributed by atoms with van der Waals surface area (Å²) < 4.78 is 5.24. The Bertz CT molecular complexity index is 871. The third kappa shape index (κ3) is 3.62. The maximum Gasteiger partial charge on any atom is 0.246 e. The molecule has 1 fully saturated rings. The van der Waals surface area contributed by atoms with Crippen LogP contribution in [0.1, 0.15) is 18.7 Å². The predicted molar refractivity (Wildman–Crippen MR) is 95.2 cm³/mol. The topological polar surface area (TPSA) is 92.9 Å². The smallest absolute Gasteiger partial charge is 0.246 e. The maximum atomic E-state index is 12.0. The minimum Gasteiger partial charge on any atom is -0.346 e. The van der Waals surface area contributed by atoms with E-state index in [2.05, 4.69) is 25.8 Å². The molecule has 2 N–H and O–H groups in total. The van der Waals surface area contributed by atoms with Gasteiger partial charge in [-0.1, -0.05) is 29.4 Å². The Morgan fingerprint density at radius 2 is 2.20 bits per heavy atom. The van der Waals surface area contributed by atoms with Crippen LogP contribution < -0.4 is 10.6 Å². The van der Waals surface area contributed by atoms with Crippen LogP contribution in [0, 0.1) is 0 Å². The SMILES string of the molecule is Cl.O=C(NCc1nc(-c2nccc3ccccc23)no1)C1CCCN1. The number of benzene rings is 1. The van der Waals surface area contributed by atoms with Crippen molar-refractivity contribution >= 4 is 29.1 Å². The second-order valence-corrected chi connectivity index (χ2v) is 5.76. The summed E-state index contributed by atoms with van der Waals surface area (Å²) in [6, 6.07) is 9.72. The number of carbonyl (C=O) groups excluding carboxylic acids is 1. The van der Waals surface area contributed by atoms with Gasteiger partial charge in [-0.25, -0.2) is 0 Å². The Morgan fingerprint density at radius 3 is 3.04 bits per heavy atom. The number of nitrogens with one attached hydrogen (secondary N) is 2. The lowest BCUT2D eigenvalue weighted by molar-refractivity contribution is -0.123. The Morgan fingerprint density at radius 1 is 1.32 bits per heavy atom. The van der Waals surface area contributed by atoms with Gasteiger partial charge >= 0.3 is 0 Å². The van der Waals surface area contributed by atoms with E-state index < -0.39 is 0 Å². The minimum absolute atomic E-state index is 0. The molecule has 25 heavy (non-hydrogen) atoms. The molecule has 7 nitrogen and oxygen atoms in total. The van der Waals surface area contributed by atoms with E-state index in [0.29, 0.717) is 17.4 Å². The number of aromatic nitrogens is 3. The van der Waals surface area contributed by atoms with E-state index in [1.807, 2.05) is 30.3 Å². The highest BCUT2D eigenvalue weighted by Crippen LogP contribution is 2.23. The van der Waals surface area contributed by atoms with Crippen LogP contribution in [0.15, 0.2) is 41.1 Å². The third-order valence-corrected chi connectivity index (χ3v) is 4.14. The predicted octanol–water partition coefficient (Wildman–Crippen LogP) is 2.07. The molecular formula is C17H18ClN5O2. The van der Waals surface area contributed by atoms with Crippen LogP contribution in [-0.2, 0) is 11.3 Å². The standard InChI is InChI=1S/C17H17N5O2.ClH/c23-17(13-6-3-8-18-13)20-10-14-21-16(22-24-14)15-12-5-2-1-4-11(12)7-9-19-15;/h1-2,4-5,7,9,13,18H,3,6,8,10H2,(H,20,23);1H. The molecule has 2 aromatic heterocycles. The maximum absolute atomic E-state index is 12.0. The van der Waals surface area contributed by atoms with Crippen molar-refractivity contribution in [1.82, 2.24) is 25.8 Å². The zero-order valence-corrected chi connectivity index (χ0v) is 14.3. The Labute approximate surface area is 150 Å². The van der Waals surface area contributed by atoms with Crippen molar-refractivity contribution in [2.24, 2.45) is 0 Å². The number of rotatable bonds is 4. The van der Waals surface area contributed by atoms with E-state index in [0.717, 1.165) is 30.2 Å². The van der Waals surface area contributed by atoms with Gasteiger partial charge in [0.05, 0.1) is 12.6 Å². The van der Waals surface area contributed by atoms with Gasteiger partial charge in [-0.15, -0.1) is 12.4 Å². The first-order valence-electron chi connectivity index (χ1n) is 7.99. The summed E-state index contributed by atoms with van der Waals surface area (Å²) in [7, 11) is 0. The molecule has 1 aliphatic rings. The summed E-state index contributed by atoms with van der Waals surface area (Å²) in [5.41, 5.74) is 0.673. The monoisotopic (exact) mass is 359 g/mol. The van der Waals surface area contributed by atoms with Gasteiger partial charge in [-0.3, -0.25) is 9.78 Å². The van der Waals surface area contributed by atoms with Crippen LogP contribution in [0.4, 0.5) is 0 Å². The fourth-order valence-electron chi connectivity index (χ4n) is 2.91. The zero-order valence-electron chi connectivity index (χ0n) is 13.4. The van der Waals surface area contributed by atoms with Crippen LogP contribution in [0.3, 0.4) is 0 Å². The van der Waals surface area contributed by atoms with Gasteiger partial charge in [-0.2, -0.15) is 4.98 Å². The number of hydrogen-bond acceptors (Lipinski definition) is 6. The van der Waals surface area contributed by atoms with E-state index in [4.69, 9.17) is 4.52 Å². The molecule has 1 aromatic carbocycles. The highest BCUT2D eigenvalue weighted by Gasteiger charge is 2.22. The summed E-state index contributed by atoms with van der Waals surface area (Å²) in [5.74, 6) is 0.761. The third-order valence-electron chi connectivity index (χ3n) is 4.14. The fraction of sp³-hybridized carbons (Fsp3) is 0.294. The van der Waals surface area contributed by atoms with Crippen LogP contribution >= 0.6 is 12.4 Å². The molecule has 0 bridgehead atoms. The zero-order chi connectivity index (χ0) is 16.4. The van der Waals surface area contributed by atoms with Crippen molar-refractivity contribution in [2.45, 2.75) is 25.4 Å². The lowest BCUT2D eigenvalue weighted by Gasteiger charge is -2.08. The van der Waals surface area contributed by atoms with Crippen LogP contribution in [-0.4, -0.2) is 33.6 Å². The molecule has 0 radical (unpaired) electrons. The average molecular weight is 360 g/mol. The normalized spacial score (nSPS) is 16.6. The van der Waals surface area contributed by atoms with E-state index in [-0.39, 0.29) is 30.9 Å². The Hall–Kier alpha value is -2.51. The van der Waals surface area contributed by atoms with Gasteiger partial charge in [0.15, 0.2) is 0 Å². The summed E-state index contributed by atoms with van der Waals surface area (Å²) in [4.78, 5) is 20.7. The van der Waals surface area contributed by atoms with Crippen molar-refractivity contribution in [3.63, 3.8) is 0 Å². The first kappa shape index (κ1) is 17.3. The molecule has 130 valence electrons. The molecule has 4 rings (SSSR count). The van der Waals surface area contributed by atoms with Crippen LogP contribution in [0.5, 0.6) is 0 Å². The highest BCUT2D eigenvalue weighted by atomic mass is 35.5. The lowest BCUT2D eigenvalue weighted by atomic mass is 10.1. The van der Waals surface area contributed by atoms with Crippen LogP contribution in [0.2, 0.25) is 0 Å². The van der Waals surface area contributed by atoms with Crippen molar-refractivity contribution in [3.05, 3.63) is 42.4 Å². The fourth-order valence-corrected chi connectivity index (χ4v) is 2.91. The number of amides is 1. The molecule has 1 saturated heterocycles. The summed E-state index contributed by atoms with van der Waals surface area (Å²) in [6.07, 6.45) is 3.61. The molecule has 3 heterocycles. The lowest BCUT2D eigenvalue weighted by Crippen LogP contribution is -2.40. The van der Waals surface area contributed by atoms with Gasteiger partial charge in [0.1, 0.15) is 5.69 Å². The number of pyridine rings is 1. The van der Waals surface area contributed by atoms with Crippen LogP contribution in [0.25, 0.3) is 22.3 Å². The number of nitrogens with zero attached hydrogens (tertiary/aromatic N) is 3. The summed E-state index contributed by atoms with van der Waals surface area (Å²) in [5, 5.41) is 12.0. The molecule has 1 aliphatic heterocycles. The number of hydrogen-bond donors (Lipinski definition) is 2. The molecule has 3 aromatic rings. The van der Waals surface area contributed by atoms with Gasteiger partial charge < -0.3 is 15.2 Å². The highest BCUT2D eigenvalue weighted by molar-refractivity contribution is 5.92. The molecule has 1 amide bonds. The largest absolute Gasteiger partial charge is 0.346 e. The first-order valence-corrected chi connectivity index (χ1v) is 7.99. The minimum atomic E-state index is -0.118. The van der Waals surface area contributed by atoms with E-state index in [1.165, 1.54) is 0 Å². The molecule has 0 saturated carbocycles. The summed E-state index contributed by atoms with van der Waals surface area (Å²) in [6.45, 7) is 1.10. The molecule has 8 heteroatoms.